The fourth-order valence-corrected chi connectivity index (χ4v) is 3.82. The summed E-state index contributed by atoms with van der Waals surface area (Å²) >= 11 is 0. The number of anilines is 1. The molecule has 2 N–H and O–H groups in total. The topological polar surface area (TPSA) is 76.1 Å². The average Bonchev–Trinajstić information content (AvgIpc) is 3.02. The van der Waals surface area contributed by atoms with Crippen molar-refractivity contribution in [1.29, 1.82) is 0 Å². The van der Waals surface area contributed by atoms with Crippen molar-refractivity contribution >= 4 is 17.4 Å². The van der Waals surface area contributed by atoms with E-state index in [0.717, 1.165) is 37.6 Å². The number of ketones is 1. The SMILES string of the molecule is COC(=O)c1c(C)[nH]c(C(=O)C[NH+]2CCN(c3cccc(OC)c3)CC2)c1C. The van der Waals surface area contributed by atoms with Crippen LogP contribution in [0, 0.1) is 13.8 Å². The Balaban J connectivity index is 1.62. The lowest BCUT2D eigenvalue weighted by Gasteiger charge is -2.33. The summed E-state index contributed by atoms with van der Waals surface area (Å²) in [6.07, 6.45) is 0. The number of carbonyl (C=O) groups is 2. The summed E-state index contributed by atoms with van der Waals surface area (Å²) in [6, 6.07) is 8.05. The number of piperazine rings is 1. The molecule has 2 aromatic rings. The third kappa shape index (κ3) is 4.04. The number of aryl methyl sites for hydroxylation is 1. The van der Waals surface area contributed by atoms with Crippen molar-refractivity contribution in [2.24, 2.45) is 0 Å². The Morgan fingerprint density at radius 2 is 1.89 bits per heavy atom. The molecule has 0 radical (unpaired) electrons. The molecule has 0 bridgehead atoms. The summed E-state index contributed by atoms with van der Waals surface area (Å²) in [5, 5.41) is 0. The zero-order valence-corrected chi connectivity index (χ0v) is 16.9. The van der Waals surface area contributed by atoms with Crippen LogP contribution < -0.4 is 14.5 Å². The van der Waals surface area contributed by atoms with Crippen molar-refractivity contribution in [1.82, 2.24) is 4.98 Å². The predicted octanol–water partition coefficient (Wildman–Crippen LogP) is 1.01. The van der Waals surface area contributed by atoms with Crippen LogP contribution in [0.5, 0.6) is 5.75 Å². The van der Waals surface area contributed by atoms with Crippen LogP contribution in [0.4, 0.5) is 5.69 Å². The molecule has 2 heterocycles. The molecule has 0 atom stereocenters. The molecular weight excluding hydrogens is 358 g/mol. The highest BCUT2D eigenvalue weighted by atomic mass is 16.5. The summed E-state index contributed by atoms with van der Waals surface area (Å²) in [7, 11) is 3.02. The van der Waals surface area contributed by atoms with Gasteiger partial charge in [-0.05, 0) is 31.5 Å². The Bertz CT molecular complexity index is 867. The first kappa shape index (κ1) is 19.9. The summed E-state index contributed by atoms with van der Waals surface area (Å²) in [5.74, 6) is 0.464. The quantitative estimate of drug-likeness (QED) is 0.573. The molecule has 1 aromatic heterocycles. The zero-order valence-electron chi connectivity index (χ0n) is 16.9. The van der Waals surface area contributed by atoms with E-state index in [4.69, 9.17) is 9.47 Å². The lowest BCUT2D eigenvalue weighted by atomic mass is 10.1. The van der Waals surface area contributed by atoms with Gasteiger partial charge in [0.25, 0.3) is 0 Å². The minimum atomic E-state index is -0.412. The van der Waals surface area contributed by atoms with Gasteiger partial charge in [-0.2, -0.15) is 0 Å². The Hall–Kier alpha value is -2.80. The number of ether oxygens (including phenoxy) is 2. The molecule has 0 saturated carbocycles. The summed E-state index contributed by atoms with van der Waals surface area (Å²) in [4.78, 5) is 31.4. The van der Waals surface area contributed by atoms with Crippen molar-refractivity contribution in [3.63, 3.8) is 0 Å². The maximum Gasteiger partial charge on any atom is 0.339 e. The number of nitrogens with one attached hydrogen (secondary N) is 2. The Labute approximate surface area is 165 Å². The molecule has 3 rings (SSSR count). The molecule has 0 unspecified atom stereocenters. The van der Waals surface area contributed by atoms with Crippen LogP contribution in [0.3, 0.4) is 0 Å². The molecule has 7 heteroatoms. The molecule has 1 saturated heterocycles. The number of carbonyl (C=O) groups excluding carboxylic acids is 2. The van der Waals surface area contributed by atoms with Crippen LogP contribution in [0.15, 0.2) is 24.3 Å². The fraction of sp³-hybridized carbons (Fsp3) is 0.429. The fourth-order valence-electron chi connectivity index (χ4n) is 3.82. The number of hydrogen-bond donors (Lipinski definition) is 2. The van der Waals surface area contributed by atoms with E-state index in [1.54, 1.807) is 21.0 Å². The van der Waals surface area contributed by atoms with E-state index in [9.17, 15) is 9.59 Å². The number of methoxy groups -OCH3 is 2. The number of esters is 1. The van der Waals surface area contributed by atoms with E-state index in [1.165, 1.54) is 12.0 Å². The van der Waals surface area contributed by atoms with Crippen molar-refractivity contribution < 1.29 is 24.0 Å². The molecule has 0 amide bonds. The Kier molecular flexibility index (Phi) is 6.04. The van der Waals surface area contributed by atoms with Gasteiger partial charge < -0.3 is 24.3 Å². The summed E-state index contributed by atoms with van der Waals surface area (Å²) in [5.41, 5.74) is 3.46. The van der Waals surface area contributed by atoms with E-state index < -0.39 is 5.97 Å². The van der Waals surface area contributed by atoms with E-state index >= 15 is 0 Å². The second kappa shape index (κ2) is 8.48. The number of benzene rings is 1. The number of H-pyrrole nitrogens is 1. The van der Waals surface area contributed by atoms with Gasteiger partial charge in [0.2, 0.25) is 5.78 Å². The van der Waals surface area contributed by atoms with Crippen molar-refractivity contribution in [2.75, 3.05) is 51.8 Å². The van der Waals surface area contributed by atoms with Gasteiger partial charge in [0.15, 0.2) is 0 Å². The predicted molar refractivity (Wildman–Crippen MR) is 107 cm³/mol. The third-order valence-corrected chi connectivity index (χ3v) is 5.41. The van der Waals surface area contributed by atoms with E-state index in [0.29, 0.717) is 29.1 Å². The standard InChI is InChI=1S/C21H27N3O4/c1-14-19(21(26)28-4)15(2)22-20(14)18(25)13-23-8-10-24(11-9-23)16-6-5-7-17(12-16)27-3/h5-7,12,22H,8-11,13H2,1-4H3/p+1. The second-order valence-electron chi connectivity index (χ2n) is 7.16. The van der Waals surface area contributed by atoms with Crippen LogP contribution in [-0.4, -0.2) is 63.7 Å². The number of hydrogen-bond acceptors (Lipinski definition) is 5. The zero-order chi connectivity index (χ0) is 20.3. The summed E-state index contributed by atoms with van der Waals surface area (Å²) < 4.78 is 10.1. The number of quaternary nitrogens is 1. The number of aromatic nitrogens is 1. The molecular formula is C21H28N3O4+. The van der Waals surface area contributed by atoms with Crippen molar-refractivity contribution in [3.05, 3.63) is 46.8 Å². The van der Waals surface area contributed by atoms with Gasteiger partial charge >= 0.3 is 5.97 Å². The smallest absolute Gasteiger partial charge is 0.339 e. The van der Waals surface area contributed by atoms with E-state index in [1.807, 2.05) is 18.2 Å². The number of aromatic amines is 1. The van der Waals surface area contributed by atoms with E-state index in [-0.39, 0.29) is 5.78 Å². The van der Waals surface area contributed by atoms with Gasteiger partial charge in [-0.15, -0.1) is 0 Å². The Morgan fingerprint density at radius 1 is 1.18 bits per heavy atom. The van der Waals surface area contributed by atoms with Crippen LogP contribution >= 0.6 is 0 Å². The van der Waals surface area contributed by atoms with Crippen LogP contribution in [0.25, 0.3) is 0 Å². The van der Waals surface area contributed by atoms with E-state index in [2.05, 4.69) is 16.0 Å². The Morgan fingerprint density at radius 3 is 2.54 bits per heavy atom. The van der Waals surface area contributed by atoms with Gasteiger partial charge in [-0.1, -0.05) is 6.07 Å². The maximum absolute atomic E-state index is 12.8. The normalized spacial score (nSPS) is 14.8. The monoisotopic (exact) mass is 386 g/mol. The third-order valence-electron chi connectivity index (χ3n) is 5.41. The molecule has 1 aliphatic rings. The van der Waals surface area contributed by atoms with Gasteiger partial charge in [-0.25, -0.2) is 4.79 Å². The largest absolute Gasteiger partial charge is 0.497 e. The maximum atomic E-state index is 12.8. The first-order valence-corrected chi connectivity index (χ1v) is 9.47. The van der Waals surface area contributed by atoms with Gasteiger partial charge in [0, 0.05) is 17.4 Å². The van der Waals surface area contributed by atoms with Crippen LogP contribution in [-0.2, 0) is 4.74 Å². The van der Waals surface area contributed by atoms with Crippen LogP contribution in [0.2, 0.25) is 0 Å². The summed E-state index contributed by atoms with van der Waals surface area (Å²) in [6.45, 7) is 7.51. The average molecular weight is 386 g/mol. The molecule has 1 fully saturated rings. The molecule has 1 aliphatic heterocycles. The minimum Gasteiger partial charge on any atom is -0.497 e. The number of rotatable bonds is 6. The first-order valence-electron chi connectivity index (χ1n) is 9.47. The van der Waals surface area contributed by atoms with Gasteiger partial charge in [-0.3, -0.25) is 4.79 Å². The molecule has 150 valence electrons. The molecule has 0 aliphatic carbocycles. The van der Waals surface area contributed by atoms with Crippen molar-refractivity contribution in [2.45, 2.75) is 13.8 Å². The lowest BCUT2D eigenvalue weighted by molar-refractivity contribution is -0.892. The highest BCUT2D eigenvalue weighted by Crippen LogP contribution is 2.21. The minimum absolute atomic E-state index is 0.0283. The molecule has 28 heavy (non-hydrogen) atoms. The number of Topliss-reactive ketones (excluding diaryl/α,β-unsaturated/α-hetero) is 1. The first-order chi connectivity index (χ1) is 13.4. The van der Waals surface area contributed by atoms with Crippen molar-refractivity contribution in [3.8, 4) is 5.75 Å². The molecule has 0 spiro atoms. The van der Waals surface area contributed by atoms with Gasteiger partial charge in [0.1, 0.15) is 12.3 Å². The van der Waals surface area contributed by atoms with Gasteiger partial charge in [0.05, 0.1) is 51.7 Å². The highest BCUT2D eigenvalue weighted by molar-refractivity contribution is 6.01. The molecule has 7 nitrogen and oxygen atoms in total. The molecule has 1 aromatic carbocycles. The second-order valence-corrected chi connectivity index (χ2v) is 7.16. The highest BCUT2D eigenvalue weighted by Gasteiger charge is 2.27. The lowest BCUT2D eigenvalue weighted by Crippen LogP contribution is -3.15. The number of nitrogens with zero attached hydrogens (tertiary/aromatic N) is 1. The van der Waals surface area contributed by atoms with Crippen LogP contribution in [0.1, 0.15) is 32.1 Å².